The van der Waals surface area contributed by atoms with Gasteiger partial charge in [-0.1, -0.05) is 38.5 Å². The number of ether oxygens (including phenoxy) is 2. The normalized spacial score (nSPS) is 11.6. The average molecular weight is 474 g/mol. The largest absolute Gasteiger partial charge is 0.465 e. The van der Waals surface area contributed by atoms with Crippen molar-refractivity contribution in [2.45, 2.75) is 111 Å². The summed E-state index contributed by atoms with van der Waals surface area (Å²) in [6.45, 7) is 12.8. The fourth-order valence-corrected chi connectivity index (χ4v) is 3.07. The van der Waals surface area contributed by atoms with E-state index in [4.69, 9.17) is 9.47 Å². The lowest BCUT2D eigenvalue weighted by molar-refractivity contribution is 0.0514. The molecule has 194 valence electrons. The lowest BCUT2D eigenvalue weighted by Crippen LogP contribution is -2.36. The SMILES string of the molecule is CC(C)(C)OC(=O)NCCCCCCCCCCN(CCCNC(=O)OC(C)(C)C)C(=O)O. The minimum atomic E-state index is -0.924. The Morgan fingerprint density at radius 2 is 1.00 bits per heavy atom. The summed E-state index contributed by atoms with van der Waals surface area (Å²) in [5, 5.41) is 14.8. The molecule has 0 spiro atoms. The number of alkyl carbamates (subject to hydrolysis) is 2. The molecule has 0 aromatic carbocycles. The van der Waals surface area contributed by atoms with Gasteiger partial charge in [0.1, 0.15) is 11.2 Å². The van der Waals surface area contributed by atoms with Gasteiger partial charge in [0.15, 0.2) is 0 Å². The third-order valence-corrected chi connectivity index (χ3v) is 4.57. The van der Waals surface area contributed by atoms with Crippen LogP contribution in [0.2, 0.25) is 0 Å². The monoisotopic (exact) mass is 473 g/mol. The molecule has 0 bridgehead atoms. The van der Waals surface area contributed by atoms with E-state index in [1.165, 1.54) is 4.90 Å². The van der Waals surface area contributed by atoms with Gasteiger partial charge in [-0.05, 0) is 60.8 Å². The van der Waals surface area contributed by atoms with Gasteiger partial charge in [0.05, 0.1) is 0 Å². The lowest BCUT2D eigenvalue weighted by Gasteiger charge is -2.21. The predicted molar refractivity (Wildman–Crippen MR) is 130 cm³/mol. The molecule has 0 aromatic heterocycles. The number of amides is 3. The highest BCUT2D eigenvalue weighted by Crippen LogP contribution is 2.10. The van der Waals surface area contributed by atoms with Gasteiger partial charge in [0.2, 0.25) is 0 Å². The number of rotatable bonds is 15. The molecule has 0 heterocycles. The molecule has 0 aliphatic heterocycles. The van der Waals surface area contributed by atoms with Crippen molar-refractivity contribution in [2.75, 3.05) is 26.2 Å². The van der Waals surface area contributed by atoms with Gasteiger partial charge in [-0.2, -0.15) is 0 Å². The number of carboxylic acid groups (broad SMARTS) is 1. The number of unbranched alkanes of at least 4 members (excludes halogenated alkanes) is 7. The maximum atomic E-state index is 11.6. The van der Waals surface area contributed by atoms with Crippen LogP contribution in [0.15, 0.2) is 0 Å². The van der Waals surface area contributed by atoms with Crippen molar-refractivity contribution in [2.24, 2.45) is 0 Å². The van der Waals surface area contributed by atoms with Gasteiger partial charge in [0, 0.05) is 26.2 Å². The summed E-state index contributed by atoms with van der Waals surface area (Å²) in [7, 11) is 0. The molecule has 0 saturated heterocycles. The predicted octanol–water partition coefficient (Wildman–Crippen LogP) is 5.53. The molecule has 0 fully saturated rings. The summed E-state index contributed by atoms with van der Waals surface area (Å²) < 4.78 is 10.3. The first-order valence-corrected chi connectivity index (χ1v) is 12.2. The van der Waals surface area contributed by atoms with E-state index >= 15 is 0 Å². The second-order valence-corrected chi connectivity index (χ2v) is 10.3. The summed E-state index contributed by atoms with van der Waals surface area (Å²) in [6.07, 6.45) is 7.12. The van der Waals surface area contributed by atoms with Crippen LogP contribution >= 0.6 is 0 Å². The maximum Gasteiger partial charge on any atom is 0.407 e. The molecule has 0 rings (SSSR count). The second kappa shape index (κ2) is 16.4. The summed E-state index contributed by atoms with van der Waals surface area (Å²) in [5.74, 6) is 0. The van der Waals surface area contributed by atoms with Crippen LogP contribution in [0.4, 0.5) is 14.4 Å². The zero-order chi connectivity index (χ0) is 25.3. The average Bonchev–Trinajstić information content (AvgIpc) is 2.64. The molecular formula is C24H47N3O6. The van der Waals surface area contributed by atoms with Crippen molar-refractivity contribution >= 4 is 18.3 Å². The molecule has 0 aromatic rings. The molecule has 0 aliphatic rings. The number of nitrogens with zero attached hydrogens (tertiary/aromatic N) is 1. The zero-order valence-electron chi connectivity index (χ0n) is 21.6. The van der Waals surface area contributed by atoms with Gasteiger partial charge < -0.3 is 30.1 Å². The minimum Gasteiger partial charge on any atom is -0.465 e. The van der Waals surface area contributed by atoms with Crippen LogP contribution in [0.25, 0.3) is 0 Å². The molecular weight excluding hydrogens is 426 g/mol. The minimum absolute atomic E-state index is 0.364. The summed E-state index contributed by atoms with van der Waals surface area (Å²) in [5.41, 5.74) is -1.01. The Kier molecular flexibility index (Phi) is 15.3. The Morgan fingerprint density at radius 3 is 1.42 bits per heavy atom. The number of carbonyl (C=O) groups excluding carboxylic acids is 2. The molecule has 3 N–H and O–H groups in total. The Balaban J connectivity index is 3.67. The van der Waals surface area contributed by atoms with Crippen LogP contribution in [0.1, 0.15) is 99.3 Å². The van der Waals surface area contributed by atoms with Crippen molar-refractivity contribution in [3.05, 3.63) is 0 Å². The van der Waals surface area contributed by atoms with Gasteiger partial charge in [0.25, 0.3) is 0 Å². The van der Waals surface area contributed by atoms with E-state index in [0.29, 0.717) is 32.6 Å². The van der Waals surface area contributed by atoms with Crippen LogP contribution < -0.4 is 10.6 Å². The van der Waals surface area contributed by atoms with E-state index in [0.717, 1.165) is 51.4 Å². The van der Waals surface area contributed by atoms with E-state index in [-0.39, 0.29) is 6.09 Å². The molecule has 0 unspecified atom stereocenters. The topological polar surface area (TPSA) is 117 Å². The Labute approximate surface area is 199 Å². The molecule has 0 atom stereocenters. The zero-order valence-corrected chi connectivity index (χ0v) is 21.6. The first-order chi connectivity index (χ1) is 15.3. The van der Waals surface area contributed by atoms with Crippen LogP contribution in [0.5, 0.6) is 0 Å². The maximum absolute atomic E-state index is 11.6. The van der Waals surface area contributed by atoms with Crippen LogP contribution in [0.3, 0.4) is 0 Å². The van der Waals surface area contributed by atoms with E-state index in [2.05, 4.69) is 10.6 Å². The smallest absolute Gasteiger partial charge is 0.407 e. The number of nitrogens with one attached hydrogen (secondary N) is 2. The molecule has 9 heteroatoms. The molecule has 0 saturated carbocycles. The van der Waals surface area contributed by atoms with Crippen molar-refractivity contribution in [1.82, 2.24) is 15.5 Å². The van der Waals surface area contributed by atoms with Gasteiger partial charge in [-0.15, -0.1) is 0 Å². The Morgan fingerprint density at radius 1 is 0.636 bits per heavy atom. The molecule has 3 amide bonds. The van der Waals surface area contributed by atoms with E-state index in [1.54, 1.807) is 20.8 Å². The van der Waals surface area contributed by atoms with E-state index in [1.807, 2.05) is 20.8 Å². The molecule has 33 heavy (non-hydrogen) atoms. The third-order valence-electron chi connectivity index (χ3n) is 4.57. The fourth-order valence-electron chi connectivity index (χ4n) is 3.07. The van der Waals surface area contributed by atoms with Crippen molar-refractivity contribution in [1.29, 1.82) is 0 Å². The quantitative estimate of drug-likeness (QED) is 0.269. The highest BCUT2D eigenvalue weighted by atomic mass is 16.6. The first kappa shape index (κ1) is 30.8. The second-order valence-electron chi connectivity index (χ2n) is 10.3. The van der Waals surface area contributed by atoms with Gasteiger partial charge in [-0.25, -0.2) is 14.4 Å². The summed E-state index contributed by atoms with van der Waals surface area (Å²) in [6, 6.07) is 0. The molecule has 0 radical (unpaired) electrons. The number of hydrogen-bond donors (Lipinski definition) is 3. The third kappa shape index (κ3) is 21.4. The molecule has 0 aliphatic carbocycles. The van der Waals surface area contributed by atoms with Crippen LogP contribution in [0, 0.1) is 0 Å². The van der Waals surface area contributed by atoms with Crippen molar-refractivity contribution in [3.63, 3.8) is 0 Å². The van der Waals surface area contributed by atoms with Gasteiger partial charge in [-0.3, -0.25) is 0 Å². The number of hydrogen-bond acceptors (Lipinski definition) is 5. The standard InChI is InChI=1S/C24H47N3O6/c1-23(2,3)32-20(28)25-16-13-11-9-7-8-10-12-14-18-27(22(30)31)19-15-17-26-21(29)33-24(4,5)6/h7-19H2,1-6H3,(H,25,28)(H,26,29)(H,30,31). The fraction of sp³-hybridized carbons (Fsp3) is 0.875. The lowest BCUT2D eigenvalue weighted by atomic mass is 10.1. The Bertz CT molecular complexity index is 570. The van der Waals surface area contributed by atoms with Crippen LogP contribution in [-0.2, 0) is 9.47 Å². The van der Waals surface area contributed by atoms with Crippen LogP contribution in [-0.4, -0.2) is 65.7 Å². The highest BCUT2D eigenvalue weighted by molar-refractivity contribution is 5.68. The van der Waals surface area contributed by atoms with Crippen molar-refractivity contribution < 1.29 is 29.0 Å². The van der Waals surface area contributed by atoms with Crippen molar-refractivity contribution in [3.8, 4) is 0 Å². The summed E-state index contributed by atoms with van der Waals surface area (Å²) in [4.78, 5) is 35.9. The molecule has 9 nitrogen and oxygen atoms in total. The van der Waals surface area contributed by atoms with E-state index in [9.17, 15) is 19.5 Å². The van der Waals surface area contributed by atoms with E-state index < -0.39 is 23.4 Å². The highest BCUT2D eigenvalue weighted by Gasteiger charge is 2.16. The number of carbonyl (C=O) groups is 3. The Hall–Kier alpha value is -2.19. The van der Waals surface area contributed by atoms with Gasteiger partial charge >= 0.3 is 18.3 Å². The first-order valence-electron chi connectivity index (χ1n) is 12.2. The summed E-state index contributed by atoms with van der Waals surface area (Å²) >= 11 is 0.